The Morgan fingerprint density at radius 1 is 1.16 bits per heavy atom. The van der Waals surface area contributed by atoms with Gasteiger partial charge in [0, 0.05) is 30.6 Å². The number of thioether (sulfide) groups is 1. The van der Waals surface area contributed by atoms with Crippen molar-refractivity contribution < 1.29 is 14.3 Å². The van der Waals surface area contributed by atoms with Gasteiger partial charge >= 0.3 is 0 Å². The fraction of sp³-hybridized carbons (Fsp3) is 0.929. The second-order valence-corrected chi connectivity index (χ2v) is 6.49. The van der Waals surface area contributed by atoms with E-state index in [2.05, 4.69) is 15.3 Å². The van der Waals surface area contributed by atoms with Crippen molar-refractivity contribution in [3.8, 4) is 0 Å². The number of azide groups is 1. The molecule has 0 aromatic carbocycles. The lowest BCUT2D eigenvalue weighted by Crippen LogP contribution is -2.42. The predicted octanol–water partition coefficient (Wildman–Crippen LogP) is -0.427. The summed E-state index contributed by atoms with van der Waals surface area (Å²) in [6.07, 6.45) is 1.49. The van der Waals surface area contributed by atoms with E-state index in [1.165, 1.54) is 0 Å². The van der Waals surface area contributed by atoms with Crippen molar-refractivity contribution in [1.29, 1.82) is 0 Å². The maximum absolute atomic E-state index is 11.8. The normalized spacial score (nSPS) is 13.1. The first-order valence-corrected chi connectivity index (χ1v) is 9.50. The molecule has 0 aliphatic rings. The van der Waals surface area contributed by atoms with Crippen LogP contribution >= 0.6 is 11.8 Å². The lowest BCUT2D eigenvalue weighted by molar-refractivity contribution is -0.122. The van der Waals surface area contributed by atoms with Crippen molar-refractivity contribution in [3.63, 3.8) is 0 Å². The Bertz CT molecular complexity index is 383. The van der Waals surface area contributed by atoms with Crippen LogP contribution in [0.15, 0.2) is 5.11 Å². The van der Waals surface area contributed by atoms with Crippen molar-refractivity contribution in [2.45, 2.75) is 24.9 Å². The summed E-state index contributed by atoms with van der Waals surface area (Å²) in [6, 6.07) is -0.472. The lowest BCUT2D eigenvalue weighted by Gasteiger charge is -2.13. The van der Waals surface area contributed by atoms with Crippen LogP contribution in [-0.2, 0) is 14.3 Å². The first-order valence-electron chi connectivity index (χ1n) is 8.34. The SMILES string of the molecule is [N-]=[N+]=NCCOCCOCCNC(=O)[C@@H](N)CCSCC[C@@H](N)CN. The number of nitrogens with zero attached hydrogens (tertiary/aromatic N) is 3. The highest BCUT2D eigenvalue weighted by Crippen LogP contribution is 2.07. The Morgan fingerprint density at radius 2 is 1.84 bits per heavy atom. The van der Waals surface area contributed by atoms with E-state index >= 15 is 0 Å². The van der Waals surface area contributed by atoms with E-state index in [1.807, 2.05) is 0 Å². The van der Waals surface area contributed by atoms with Crippen molar-refractivity contribution in [2.24, 2.45) is 22.3 Å². The smallest absolute Gasteiger partial charge is 0.237 e. The number of rotatable bonds is 17. The van der Waals surface area contributed by atoms with Crippen LogP contribution in [0, 0.1) is 0 Å². The molecule has 0 saturated heterocycles. The van der Waals surface area contributed by atoms with E-state index in [0.29, 0.717) is 52.5 Å². The minimum Gasteiger partial charge on any atom is -0.379 e. The fourth-order valence-corrected chi connectivity index (χ4v) is 2.74. The molecule has 146 valence electrons. The first-order chi connectivity index (χ1) is 12.1. The molecule has 7 N–H and O–H groups in total. The molecule has 1 amide bonds. The van der Waals surface area contributed by atoms with Gasteiger partial charge in [-0.1, -0.05) is 5.11 Å². The van der Waals surface area contributed by atoms with Crippen LogP contribution in [0.1, 0.15) is 12.8 Å². The number of ether oxygens (including phenoxy) is 2. The van der Waals surface area contributed by atoms with E-state index in [-0.39, 0.29) is 11.9 Å². The molecule has 11 heteroatoms. The quantitative estimate of drug-likeness (QED) is 0.115. The predicted molar refractivity (Wildman–Crippen MR) is 100 cm³/mol. The zero-order chi connectivity index (χ0) is 18.8. The average Bonchev–Trinajstić information content (AvgIpc) is 2.62. The summed E-state index contributed by atoms with van der Waals surface area (Å²) in [6.45, 7) is 2.80. The maximum Gasteiger partial charge on any atom is 0.237 e. The monoisotopic (exact) mass is 377 g/mol. The van der Waals surface area contributed by atoms with Gasteiger partial charge in [-0.25, -0.2) is 0 Å². The first kappa shape index (κ1) is 23.9. The van der Waals surface area contributed by atoms with Crippen molar-refractivity contribution >= 4 is 17.7 Å². The van der Waals surface area contributed by atoms with Gasteiger partial charge in [-0.2, -0.15) is 11.8 Å². The van der Waals surface area contributed by atoms with Crippen LogP contribution in [0.25, 0.3) is 10.4 Å². The molecule has 0 aromatic heterocycles. The van der Waals surface area contributed by atoms with Crippen LogP contribution in [0.3, 0.4) is 0 Å². The Balaban J connectivity index is 3.42. The van der Waals surface area contributed by atoms with E-state index in [9.17, 15) is 4.79 Å². The maximum atomic E-state index is 11.8. The summed E-state index contributed by atoms with van der Waals surface area (Å²) in [7, 11) is 0. The number of hydrogen-bond acceptors (Lipinski definition) is 8. The van der Waals surface area contributed by atoms with E-state index in [1.54, 1.807) is 11.8 Å². The molecular weight excluding hydrogens is 346 g/mol. The van der Waals surface area contributed by atoms with Gasteiger partial charge in [-0.3, -0.25) is 4.79 Å². The highest BCUT2D eigenvalue weighted by Gasteiger charge is 2.12. The highest BCUT2D eigenvalue weighted by atomic mass is 32.2. The lowest BCUT2D eigenvalue weighted by atomic mass is 10.2. The molecule has 0 bridgehead atoms. The highest BCUT2D eigenvalue weighted by molar-refractivity contribution is 7.99. The molecule has 0 aliphatic heterocycles. The van der Waals surface area contributed by atoms with Gasteiger partial charge in [-0.05, 0) is 29.9 Å². The topological polar surface area (TPSA) is 174 Å². The number of amides is 1. The van der Waals surface area contributed by atoms with Gasteiger partial charge in [0.25, 0.3) is 0 Å². The van der Waals surface area contributed by atoms with Crippen LogP contribution in [0.4, 0.5) is 0 Å². The molecule has 0 radical (unpaired) electrons. The summed E-state index contributed by atoms with van der Waals surface area (Å²) in [5, 5.41) is 6.08. The van der Waals surface area contributed by atoms with Gasteiger partial charge in [0.05, 0.1) is 32.5 Å². The van der Waals surface area contributed by atoms with Gasteiger partial charge in [-0.15, -0.1) is 0 Å². The number of carbonyl (C=O) groups is 1. The number of hydrogen-bond donors (Lipinski definition) is 4. The summed E-state index contributed by atoms with van der Waals surface area (Å²) >= 11 is 1.73. The molecule has 2 atom stereocenters. The van der Waals surface area contributed by atoms with E-state index < -0.39 is 6.04 Å². The molecule has 0 fully saturated rings. The van der Waals surface area contributed by atoms with Crippen LogP contribution in [0.5, 0.6) is 0 Å². The molecule has 25 heavy (non-hydrogen) atoms. The zero-order valence-corrected chi connectivity index (χ0v) is 15.5. The van der Waals surface area contributed by atoms with E-state index in [0.717, 1.165) is 17.9 Å². The Morgan fingerprint density at radius 3 is 2.52 bits per heavy atom. The average molecular weight is 378 g/mol. The third-order valence-corrected chi connectivity index (χ3v) is 4.21. The van der Waals surface area contributed by atoms with Crippen molar-refractivity contribution in [3.05, 3.63) is 10.4 Å². The van der Waals surface area contributed by atoms with Crippen molar-refractivity contribution in [2.75, 3.05) is 57.6 Å². The molecule has 0 unspecified atom stereocenters. The minimum atomic E-state index is -0.514. The number of nitrogens with one attached hydrogen (secondary N) is 1. The van der Waals surface area contributed by atoms with Gasteiger partial charge < -0.3 is 32.0 Å². The molecule has 0 heterocycles. The van der Waals surface area contributed by atoms with Crippen LogP contribution in [0.2, 0.25) is 0 Å². The third kappa shape index (κ3) is 16.2. The summed E-state index contributed by atoms with van der Waals surface area (Å²) in [5.74, 6) is 1.56. The van der Waals surface area contributed by atoms with Crippen LogP contribution in [-0.4, -0.2) is 75.6 Å². The Hall–Kier alpha value is -1.07. The zero-order valence-electron chi connectivity index (χ0n) is 14.6. The number of carbonyl (C=O) groups excluding carboxylic acids is 1. The van der Waals surface area contributed by atoms with Gasteiger partial charge in [0.1, 0.15) is 0 Å². The molecule has 10 nitrogen and oxygen atoms in total. The molecule has 0 aromatic rings. The van der Waals surface area contributed by atoms with E-state index in [4.69, 9.17) is 32.2 Å². The summed E-state index contributed by atoms with van der Waals surface area (Å²) < 4.78 is 10.5. The summed E-state index contributed by atoms with van der Waals surface area (Å²) in [5.41, 5.74) is 25.1. The second kappa shape index (κ2) is 17.7. The Kier molecular flexibility index (Phi) is 17.0. The van der Waals surface area contributed by atoms with Crippen LogP contribution < -0.4 is 22.5 Å². The molecule has 0 aliphatic carbocycles. The standard InChI is InChI=1S/C14H31N7O3S/c15-11-12(16)1-9-25-10-2-13(17)14(22)19-3-5-23-7-8-24-6-4-20-21-18/h12-13H,1-11,15-17H2,(H,19,22)/t12-,13+/m1/s1. The fourth-order valence-electron chi connectivity index (χ4n) is 1.65. The second-order valence-electron chi connectivity index (χ2n) is 5.26. The Labute approximate surface area is 153 Å². The van der Waals surface area contributed by atoms with Gasteiger partial charge in [0.2, 0.25) is 5.91 Å². The minimum absolute atomic E-state index is 0.0425. The summed E-state index contributed by atoms with van der Waals surface area (Å²) in [4.78, 5) is 14.4. The molecule has 0 saturated carbocycles. The van der Waals surface area contributed by atoms with Crippen molar-refractivity contribution in [1.82, 2.24) is 5.32 Å². The number of nitrogens with two attached hydrogens (primary N) is 3. The molecule has 0 rings (SSSR count). The largest absolute Gasteiger partial charge is 0.379 e. The van der Waals surface area contributed by atoms with Gasteiger partial charge in [0.15, 0.2) is 0 Å². The molecule has 0 spiro atoms. The third-order valence-electron chi connectivity index (χ3n) is 3.16. The molecular formula is C14H31N7O3S.